The number of methoxy groups -OCH3 is 3. The molecule has 0 aliphatic heterocycles. The lowest BCUT2D eigenvalue weighted by molar-refractivity contribution is 0.0973. The molecule has 0 N–H and O–H groups in total. The third-order valence-electron chi connectivity index (χ3n) is 4.21. The van der Waals surface area contributed by atoms with Crippen molar-refractivity contribution in [1.82, 2.24) is 0 Å². The molecule has 3 rings (SSSR count). The van der Waals surface area contributed by atoms with E-state index in [0.717, 1.165) is 0 Å². The molecule has 0 spiro atoms. The van der Waals surface area contributed by atoms with Gasteiger partial charge in [-0.05, 0) is 12.1 Å². The van der Waals surface area contributed by atoms with Crippen molar-refractivity contribution in [2.45, 2.75) is 6.42 Å². The lowest BCUT2D eigenvalue weighted by atomic mass is 9.81. The molecule has 6 heteroatoms. The second-order valence-corrected chi connectivity index (χ2v) is 5.39. The molecule has 2 aromatic rings. The highest BCUT2D eigenvalue weighted by molar-refractivity contribution is 6.30. The van der Waals surface area contributed by atoms with Gasteiger partial charge in [0, 0.05) is 11.1 Å². The molecule has 0 aromatic heterocycles. The first-order chi connectivity index (χ1) is 12.1. The van der Waals surface area contributed by atoms with E-state index in [-0.39, 0.29) is 46.0 Å². The van der Waals surface area contributed by atoms with E-state index in [4.69, 9.17) is 19.5 Å². The molecule has 2 aromatic carbocycles. The topological polar surface area (TPSA) is 85.6 Å². The lowest BCUT2D eigenvalue weighted by Gasteiger charge is -2.23. The highest BCUT2D eigenvalue weighted by atomic mass is 16.5. The number of nitriles is 1. The number of benzene rings is 2. The zero-order chi connectivity index (χ0) is 18.1. The minimum absolute atomic E-state index is 0.0140. The number of fused-ring (bicyclic) bond motifs is 2. The normalized spacial score (nSPS) is 12.1. The van der Waals surface area contributed by atoms with Crippen molar-refractivity contribution in [3.05, 3.63) is 52.1 Å². The summed E-state index contributed by atoms with van der Waals surface area (Å²) in [5.74, 6) is 0.154. The van der Waals surface area contributed by atoms with Crippen LogP contribution in [0.4, 0.5) is 0 Å². The van der Waals surface area contributed by atoms with Gasteiger partial charge in [0.25, 0.3) is 0 Å². The number of ether oxygens (including phenoxy) is 3. The van der Waals surface area contributed by atoms with Crippen LogP contribution in [-0.4, -0.2) is 32.9 Å². The van der Waals surface area contributed by atoms with E-state index in [0.29, 0.717) is 17.1 Å². The van der Waals surface area contributed by atoms with Crippen LogP contribution in [0, 0.1) is 11.3 Å². The van der Waals surface area contributed by atoms with Gasteiger partial charge in [-0.2, -0.15) is 5.26 Å². The van der Waals surface area contributed by atoms with Crippen molar-refractivity contribution in [2.75, 3.05) is 21.3 Å². The van der Waals surface area contributed by atoms with Crippen LogP contribution in [-0.2, 0) is 6.42 Å². The maximum atomic E-state index is 13.1. The van der Waals surface area contributed by atoms with Crippen molar-refractivity contribution >= 4 is 11.6 Å². The minimum Gasteiger partial charge on any atom is -0.496 e. The Hall–Kier alpha value is -3.33. The number of rotatable bonds is 4. The Balaban J connectivity index is 2.38. The number of hydrogen-bond donors (Lipinski definition) is 0. The Morgan fingerprint density at radius 3 is 2.24 bits per heavy atom. The van der Waals surface area contributed by atoms with Gasteiger partial charge in [-0.3, -0.25) is 9.59 Å². The van der Waals surface area contributed by atoms with Gasteiger partial charge in [0.2, 0.25) is 5.78 Å². The Morgan fingerprint density at radius 2 is 1.64 bits per heavy atom. The Bertz CT molecular complexity index is 940. The first-order valence-corrected chi connectivity index (χ1v) is 7.50. The summed E-state index contributed by atoms with van der Waals surface area (Å²) in [6.45, 7) is 0. The molecule has 0 saturated heterocycles. The van der Waals surface area contributed by atoms with Gasteiger partial charge in [0.15, 0.2) is 5.78 Å². The van der Waals surface area contributed by atoms with Gasteiger partial charge in [0.1, 0.15) is 17.2 Å². The fourth-order valence-electron chi connectivity index (χ4n) is 3.13. The van der Waals surface area contributed by atoms with Gasteiger partial charge in [-0.15, -0.1) is 0 Å². The predicted molar refractivity (Wildman–Crippen MR) is 88.7 cm³/mol. The van der Waals surface area contributed by atoms with Crippen molar-refractivity contribution in [2.24, 2.45) is 0 Å². The van der Waals surface area contributed by atoms with E-state index >= 15 is 0 Å². The molecule has 0 amide bonds. The third kappa shape index (κ3) is 2.32. The van der Waals surface area contributed by atoms with Crippen LogP contribution in [0.15, 0.2) is 24.3 Å². The van der Waals surface area contributed by atoms with E-state index in [1.54, 1.807) is 18.2 Å². The zero-order valence-electron chi connectivity index (χ0n) is 14.0. The van der Waals surface area contributed by atoms with Crippen molar-refractivity contribution < 1.29 is 23.8 Å². The maximum absolute atomic E-state index is 13.1. The van der Waals surface area contributed by atoms with Crippen LogP contribution in [0.3, 0.4) is 0 Å². The van der Waals surface area contributed by atoms with Crippen LogP contribution in [0.25, 0.3) is 0 Å². The summed E-state index contributed by atoms with van der Waals surface area (Å²) in [7, 11) is 4.27. The molecule has 0 heterocycles. The van der Waals surface area contributed by atoms with Crippen LogP contribution < -0.4 is 14.2 Å². The third-order valence-corrected chi connectivity index (χ3v) is 4.21. The highest BCUT2D eigenvalue weighted by Crippen LogP contribution is 2.42. The lowest BCUT2D eigenvalue weighted by Crippen LogP contribution is -2.23. The molecule has 1 aliphatic carbocycles. The van der Waals surface area contributed by atoms with E-state index in [2.05, 4.69) is 0 Å². The number of carbonyl (C=O) groups is 2. The Morgan fingerprint density at radius 1 is 0.920 bits per heavy atom. The summed E-state index contributed by atoms with van der Waals surface area (Å²) in [5.41, 5.74) is 1.24. The minimum atomic E-state index is -0.374. The van der Waals surface area contributed by atoms with Crippen molar-refractivity contribution in [1.29, 1.82) is 5.26 Å². The number of ketones is 2. The molecule has 0 radical (unpaired) electrons. The highest BCUT2D eigenvalue weighted by Gasteiger charge is 2.37. The fourth-order valence-corrected chi connectivity index (χ4v) is 3.13. The van der Waals surface area contributed by atoms with Crippen LogP contribution in [0.2, 0.25) is 0 Å². The van der Waals surface area contributed by atoms with Gasteiger partial charge < -0.3 is 14.2 Å². The average Bonchev–Trinajstić information content (AvgIpc) is 2.64. The van der Waals surface area contributed by atoms with E-state index in [1.807, 2.05) is 6.07 Å². The van der Waals surface area contributed by atoms with Gasteiger partial charge in [0.05, 0.1) is 50.5 Å². The molecule has 0 bridgehead atoms. The number of hydrogen-bond acceptors (Lipinski definition) is 6. The summed E-state index contributed by atoms with van der Waals surface area (Å²) >= 11 is 0. The number of nitrogens with zero attached hydrogens (tertiary/aromatic N) is 1. The van der Waals surface area contributed by atoms with Crippen LogP contribution in [0.1, 0.15) is 37.4 Å². The van der Waals surface area contributed by atoms with Crippen LogP contribution >= 0.6 is 0 Å². The molecule has 6 nitrogen and oxygen atoms in total. The first-order valence-electron chi connectivity index (χ1n) is 7.50. The number of carbonyl (C=O) groups excluding carboxylic acids is 2. The molecule has 1 aliphatic rings. The molecular formula is C19H15NO5. The maximum Gasteiger partial charge on any atom is 0.202 e. The summed E-state index contributed by atoms with van der Waals surface area (Å²) in [4.78, 5) is 26.1. The largest absolute Gasteiger partial charge is 0.496 e. The Labute approximate surface area is 144 Å². The second kappa shape index (κ2) is 6.29. The van der Waals surface area contributed by atoms with Crippen molar-refractivity contribution in [3.8, 4) is 23.3 Å². The smallest absolute Gasteiger partial charge is 0.202 e. The summed E-state index contributed by atoms with van der Waals surface area (Å²) < 4.78 is 16.0. The summed E-state index contributed by atoms with van der Waals surface area (Å²) in [6, 6.07) is 8.39. The molecule has 0 unspecified atom stereocenters. The van der Waals surface area contributed by atoms with Gasteiger partial charge in [-0.1, -0.05) is 12.1 Å². The standard InChI is InChI=1S/C19H15NO5/c1-23-13-6-4-5-11-15(13)18(22)16-12(17(11)21)9-14(24-2)10(7-8-20)19(16)25-3/h4-6,9H,7H2,1-3H3. The molecule has 0 saturated carbocycles. The monoisotopic (exact) mass is 337 g/mol. The van der Waals surface area contributed by atoms with Gasteiger partial charge in [-0.25, -0.2) is 0 Å². The van der Waals surface area contributed by atoms with Gasteiger partial charge >= 0.3 is 0 Å². The second-order valence-electron chi connectivity index (χ2n) is 5.39. The van der Waals surface area contributed by atoms with E-state index in [1.165, 1.54) is 27.4 Å². The quantitative estimate of drug-likeness (QED) is 0.727. The van der Waals surface area contributed by atoms with Crippen molar-refractivity contribution in [3.63, 3.8) is 0 Å². The average molecular weight is 337 g/mol. The zero-order valence-corrected chi connectivity index (χ0v) is 14.0. The van der Waals surface area contributed by atoms with E-state index < -0.39 is 0 Å². The molecule has 0 fully saturated rings. The summed E-state index contributed by atoms with van der Waals surface area (Å²) in [5, 5.41) is 9.09. The Kier molecular flexibility index (Phi) is 4.15. The molecule has 126 valence electrons. The summed E-state index contributed by atoms with van der Waals surface area (Å²) in [6.07, 6.45) is -0.0140. The SMILES string of the molecule is COc1cc2c(c(OC)c1CC#N)C(=O)c1c(OC)cccc1C2=O. The van der Waals surface area contributed by atoms with Crippen LogP contribution in [0.5, 0.6) is 17.2 Å². The van der Waals surface area contributed by atoms with E-state index in [9.17, 15) is 9.59 Å². The molecular weight excluding hydrogens is 322 g/mol. The molecule has 0 atom stereocenters. The predicted octanol–water partition coefficient (Wildman–Crippen LogP) is 2.55. The molecule has 25 heavy (non-hydrogen) atoms. The fraction of sp³-hybridized carbons (Fsp3) is 0.211. The first kappa shape index (κ1) is 16.5.